The molecule has 1 aliphatic rings. The first-order chi connectivity index (χ1) is 6.58. The zero-order valence-corrected chi connectivity index (χ0v) is 8.25. The summed E-state index contributed by atoms with van der Waals surface area (Å²) >= 11 is 0. The molecule has 0 aliphatic heterocycles. The van der Waals surface area contributed by atoms with E-state index in [4.69, 9.17) is 4.74 Å². The lowest BCUT2D eigenvalue weighted by molar-refractivity contribution is 0.134. The first-order valence-corrected chi connectivity index (χ1v) is 4.64. The Bertz CT molecular complexity index is 364. The Kier molecular flexibility index (Phi) is 2.00. The van der Waals surface area contributed by atoms with Crippen molar-refractivity contribution < 1.29 is 14.2 Å². The van der Waals surface area contributed by atoms with E-state index >= 15 is 0 Å². The molecule has 3 heteroatoms. The lowest BCUT2D eigenvalue weighted by atomic mass is 10.1. The average molecular weight is 196 g/mol. The summed E-state index contributed by atoms with van der Waals surface area (Å²) in [6, 6.07) is 4.61. The van der Waals surface area contributed by atoms with Crippen LogP contribution in [0.15, 0.2) is 18.2 Å². The number of methoxy groups -OCH3 is 1. The standard InChI is InChI=1S/C11H13FO2/c1-7-6-11(7,13)8-3-4-10(14-2)9(12)5-8/h3-5,7,13H,6H2,1-2H3. The summed E-state index contributed by atoms with van der Waals surface area (Å²) in [6.07, 6.45) is 0.707. The van der Waals surface area contributed by atoms with Crippen LogP contribution in [-0.4, -0.2) is 12.2 Å². The maximum absolute atomic E-state index is 13.3. The highest BCUT2D eigenvalue weighted by Crippen LogP contribution is 2.51. The van der Waals surface area contributed by atoms with E-state index in [1.54, 1.807) is 12.1 Å². The van der Waals surface area contributed by atoms with Crippen molar-refractivity contribution in [1.82, 2.24) is 0 Å². The summed E-state index contributed by atoms with van der Waals surface area (Å²) in [4.78, 5) is 0. The monoisotopic (exact) mass is 196 g/mol. The Labute approximate surface area is 82.3 Å². The van der Waals surface area contributed by atoms with Gasteiger partial charge in [-0.25, -0.2) is 4.39 Å². The summed E-state index contributed by atoms with van der Waals surface area (Å²) in [7, 11) is 1.42. The van der Waals surface area contributed by atoms with Gasteiger partial charge in [0.2, 0.25) is 0 Å². The van der Waals surface area contributed by atoms with Gasteiger partial charge in [0.1, 0.15) is 0 Å². The number of rotatable bonds is 2. The molecule has 0 saturated heterocycles. The zero-order valence-electron chi connectivity index (χ0n) is 8.25. The van der Waals surface area contributed by atoms with E-state index in [0.717, 1.165) is 0 Å². The number of hydrogen-bond acceptors (Lipinski definition) is 2. The largest absolute Gasteiger partial charge is 0.494 e. The molecule has 0 radical (unpaired) electrons. The summed E-state index contributed by atoms with van der Waals surface area (Å²) in [5, 5.41) is 9.95. The molecule has 2 rings (SSSR count). The van der Waals surface area contributed by atoms with Gasteiger partial charge in [-0.3, -0.25) is 0 Å². The maximum atomic E-state index is 13.3. The fourth-order valence-electron chi connectivity index (χ4n) is 1.75. The molecule has 1 aliphatic carbocycles. The third-order valence-corrected chi connectivity index (χ3v) is 2.92. The third-order valence-electron chi connectivity index (χ3n) is 2.92. The highest BCUT2D eigenvalue weighted by molar-refractivity contribution is 5.35. The zero-order chi connectivity index (χ0) is 10.3. The highest BCUT2D eigenvalue weighted by Gasteiger charge is 2.51. The second kappa shape index (κ2) is 2.95. The molecule has 1 fully saturated rings. The predicted molar refractivity (Wildman–Crippen MR) is 50.6 cm³/mol. The van der Waals surface area contributed by atoms with Crippen LogP contribution in [-0.2, 0) is 5.60 Å². The fourth-order valence-corrected chi connectivity index (χ4v) is 1.75. The minimum atomic E-state index is -0.812. The van der Waals surface area contributed by atoms with Crippen LogP contribution in [0.4, 0.5) is 4.39 Å². The van der Waals surface area contributed by atoms with E-state index in [9.17, 15) is 9.50 Å². The average Bonchev–Trinajstić information content (AvgIpc) is 2.76. The molecule has 2 nitrogen and oxygen atoms in total. The van der Waals surface area contributed by atoms with Crippen molar-refractivity contribution >= 4 is 0 Å². The van der Waals surface area contributed by atoms with Crippen molar-refractivity contribution in [2.75, 3.05) is 7.11 Å². The predicted octanol–water partition coefficient (Wildman–Crippen LogP) is 2.06. The van der Waals surface area contributed by atoms with Gasteiger partial charge >= 0.3 is 0 Å². The van der Waals surface area contributed by atoms with Crippen LogP contribution in [0.3, 0.4) is 0 Å². The van der Waals surface area contributed by atoms with Crippen LogP contribution in [0.2, 0.25) is 0 Å². The number of halogens is 1. The van der Waals surface area contributed by atoms with Crippen LogP contribution in [0.1, 0.15) is 18.9 Å². The Hall–Kier alpha value is -1.09. The molecule has 0 spiro atoms. The summed E-state index contributed by atoms with van der Waals surface area (Å²) in [5.41, 5.74) is -0.170. The first kappa shape index (κ1) is 9.46. The molecule has 1 aromatic rings. The number of ether oxygens (including phenoxy) is 1. The topological polar surface area (TPSA) is 29.5 Å². The SMILES string of the molecule is COc1ccc(C2(O)CC2C)cc1F. The molecule has 0 amide bonds. The van der Waals surface area contributed by atoms with Crippen LogP contribution in [0.25, 0.3) is 0 Å². The van der Waals surface area contributed by atoms with E-state index in [-0.39, 0.29) is 11.7 Å². The van der Waals surface area contributed by atoms with Gasteiger partial charge < -0.3 is 9.84 Å². The van der Waals surface area contributed by atoms with Crippen molar-refractivity contribution in [3.63, 3.8) is 0 Å². The third kappa shape index (κ3) is 1.28. The fraction of sp³-hybridized carbons (Fsp3) is 0.455. The molecule has 0 bridgehead atoms. The molecule has 1 saturated carbocycles. The highest BCUT2D eigenvalue weighted by atomic mass is 19.1. The summed E-state index contributed by atoms with van der Waals surface area (Å²) in [6.45, 7) is 1.95. The molecule has 0 aromatic heterocycles. The molecular weight excluding hydrogens is 183 g/mol. The van der Waals surface area contributed by atoms with Crippen molar-refractivity contribution in [2.24, 2.45) is 5.92 Å². The van der Waals surface area contributed by atoms with Crippen LogP contribution in [0, 0.1) is 11.7 Å². The molecule has 1 aromatic carbocycles. The smallest absolute Gasteiger partial charge is 0.165 e. The van der Waals surface area contributed by atoms with Gasteiger partial charge in [-0.05, 0) is 30.0 Å². The Morgan fingerprint density at radius 3 is 2.64 bits per heavy atom. The van der Waals surface area contributed by atoms with Crippen molar-refractivity contribution in [3.05, 3.63) is 29.6 Å². The second-order valence-corrected chi connectivity index (χ2v) is 3.88. The van der Waals surface area contributed by atoms with E-state index in [2.05, 4.69) is 0 Å². The summed E-state index contributed by atoms with van der Waals surface area (Å²) < 4.78 is 18.1. The Morgan fingerprint density at radius 1 is 1.57 bits per heavy atom. The number of aliphatic hydroxyl groups is 1. The Morgan fingerprint density at radius 2 is 2.21 bits per heavy atom. The van der Waals surface area contributed by atoms with E-state index in [1.165, 1.54) is 13.2 Å². The van der Waals surface area contributed by atoms with Crippen LogP contribution >= 0.6 is 0 Å². The van der Waals surface area contributed by atoms with Gasteiger partial charge in [-0.2, -0.15) is 0 Å². The van der Waals surface area contributed by atoms with Gasteiger partial charge in [-0.1, -0.05) is 13.0 Å². The molecular formula is C11H13FO2. The minimum Gasteiger partial charge on any atom is -0.494 e. The molecule has 2 atom stereocenters. The Balaban J connectivity index is 2.34. The summed E-state index contributed by atoms with van der Waals surface area (Å²) in [5.74, 6) is 0.0125. The molecule has 76 valence electrons. The van der Waals surface area contributed by atoms with Gasteiger partial charge in [0.05, 0.1) is 12.7 Å². The molecule has 2 unspecified atom stereocenters. The van der Waals surface area contributed by atoms with Gasteiger partial charge in [0, 0.05) is 0 Å². The first-order valence-electron chi connectivity index (χ1n) is 4.64. The van der Waals surface area contributed by atoms with Crippen LogP contribution in [0.5, 0.6) is 5.75 Å². The number of hydrogen-bond donors (Lipinski definition) is 1. The van der Waals surface area contributed by atoms with Crippen LogP contribution < -0.4 is 4.74 Å². The van der Waals surface area contributed by atoms with E-state index in [1.807, 2.05) is 6.92 Å². The molecule has 0 heterocycles. The lowest BCUT2D eigenvalue weighted by Gasteiger charge is -2.10. The molecule has 1 N–H and O–H groups in total. The van der Waals surface area contributed by atoms with Gasteiger partial charge in [0.15, 0.2) is 11.6 Å². The van der Waals surface area contributed by atoms with E-state index in [0.29, 0.717) is 12.0 Å². The minimum absolute atomic E-state index is 0.214. The normalized spacial score (nSPS) is 30.1. The quantitative estimate of drug-likeness (QED) is 0.784. The van der Waals surface area contributed by atoms with Gasteiger partial charge in [0.25, 0.3) is 0 Å². The van der Waals surface area contributed by atoms with Crippen molar-refractivity contribution in [3.8, 4) is 5.75 Å². The maximum Gasteiger partial charge on any atom is 0.165 e. The van der Waals surface area contributed by atoms with Crippen molar-refractivity contribution in [1.29, 1.82) is 0 Å². The van der Waals surface area contributed by atoms with E-state index < -0.39 is 11.4 Å². The van der Waals surface area contributed by atoms with Gasteiger partial charge in [-0.15, -0.1) is 0 Å². The second-order valence-electron chi connectivity index (χ2n) is 3.88. The number of benzene rings is 1. The lowest BCUT2D eigenvalue weighted by Crippen LogP contribution is -2.08. The molecule has 14 heavy (non-hydrogen) atoms. The van der Waals surface area contributed by atoms with Crippen molar-refractivity contribution in [2.45, 2.75) is 18.9 Å².